The van der Waals surface area contributed by atoms with Crippen molar-refractivity contribution < 1.29 is 34.5 Å². The summed E-state index contributed by atoms with van der Waals surface area (Å²) in [6.07, 6.45) is -0.402. The Hall–Kier alpha value is -4.42. The minimum absolute atomic E-state index is 0.0239. The summed E-state index contributed by atoms with van der Waals surface area (Å²) in [6.45, 7) is 2.95. The SMILES string of the molecule is C[C@H]([C@@H](O)c1ccccc1)N(C)C[C@@H]1C[C@H](c2ccc(CO)cc2)O[C@H](c2ccc(-c3cccc(CNC(=O)CCCC(=O)NO)c3)cc2)O1. The normalized spacial score (nSPS) is 18.7. The van der Waals surface area contributed by atoms with Crippen LogP contribution in [0.15, 0.2) is 103 Å². The molecule has 4 aromatic carbocycles. The molecule has 0 bridgehead atoms. The maximum Gasteiger partial charge on any atom is 0.243 e. The van der Waals surface area contributed by atoms with Crippen LogP contribution in [-0.2, 0) is 32.2 Å². The van der Waals surface area contributed by atoms with Crippen molar-refractivity contribution in [2.24, 2.45) is 0 Å². The first-order valence-electron chi connectivity index (χ1n) is 17.1. The summed E-state index contributed by atoms with van der Waals surface area (Å²) in [7, 11) is 2.00. The number of nitrogens with one attached hydrogen (secondary N) is 2. The number of hydrogen-bond acceptors (Lipinski definition) is 8. The van der Waals surface area contributed by atoms with E-state index in [0.29, 0.717) is 25.9 Å². The van der Waals surface area contributed by atoms with Gasteiger partial charge in [0.15, 0.2) is 6.29 Å². The Morgan fingerprint density at radius 2 is 1.54 bits per heavy atom. The lowest BCUT2D eigenvalue weighted by molar-refractivity contribution is -0.253. The number of hydroxylamine groups is 1. The number of rotatable bonds is 15. The Labute approximate surface area is 293 Å². The molecule has 2 amide bonds. The van der Waals surface area contributed by atoms with Gasteiger partial charge in [-0.3, -0.25) is 19.7 Å². The topological polar surface area (TPSA) is 141 Å². The molecule has 0 saturated carbocycles. The average molecular weight is 682 g/mol. The molecule has 0 spiro atoms. The molecule has 1 aliphatic rings. The van der Waals surface area contributed by atoms with Crippen LogP contribution in [0, 0.1) is 0 Å². The maximum absolute atomic E-state index is 12.2. The third-order valence-electron chi connectivity index (χ3n) is 9.27. The monoisotopic (exact) mass is 681 g/mol. The summed E-state index contributed by atoms with van der Waals surface area (Å²) < 4.78 is 13.1. The predicted octanol–water partition coefficient (Wildman–Crippen LogP) is 5.74. The first kappa shape index (κ1) is 36.9. The number of ether oxygens (including phenoxy) is 2. The Morgan fingerprint density at radius 1 is 0.840 bits per heavy atom. The minimum atomic E-state index is -0.645. The van der Waals surface area contributed by atoms with Gasteiger partial charge in [0, 0.05) is 44.0 Å². The van der Waals surface area contributed by atoms with E-state index in [1.165, 1.54) is 0 Å². The number of amides is 2. The first-order valence-corrected chi connectivity index (χ1v) is 17.1. The molecule has 1 heterocycles. The summed E-state index contributed by atoms with van der Waals surface area (Å²) in [4.78, 5) is 25.5. The van der Waals surface area contributed by atoms with Crippen LogP contribution in [-0.4, -0.2) is 57.9 Å². The third kappa shape index (κ3) is 10.1. The van der Waals surface area contributed by atoms with Gasteiger partial charge in [0.05, 0.1) is 24.9 Å². The largest absolute Gasteiger partial charge is 0.392 e. The molecule has 10 heteroatoms. The zero-order valence-electron chi connectivity index (χ0n) is 28.6. The second-order valence-corrected chi connectivity index (χ2v) is 12.9. The van der Waals surface area contributed by atoms with Crippen LogP contribution in [0.25, 0.3) is 11.1 Å². The lowest BCUT2D eigenvalue weighted by Gasteiger charge is -2.39. The van der Waals surface area contributed by atoms with Crippen molar-refractivity contribution >= 4 is 11.8 Å². The highest BCUT2D eigenvalue weighted by atomic mass is 16.7. The van der Waals surface area contributed by atoms with Crippen molar-refractivity contribution in [3.8, 4) is 11.1 Å². The summed E-state index contributed by atoms with van der Waals surface area (Å²) in [5.74, 6) is -0.671. The Morgan fingerprint density at radius 3 is 2.24 bits per heavy atom. The number of aliphatic hydroxyl groups is 2. The fourth-order valence-electron chi connectivity index (χ4n) is 6.14. The van der Waals surface area contributed by atoms with E-state index >= 15 is 0 Å². The molecule has 5 N–H and O–H groups in total. The van der Waals surface area contributed by atoms with E-state index in [1.54, 1.807) is 5.48 Å². The zero-order chi connectivity index (χ0) is 35.5. The van der Waals surface area contributed by atoms with Crippen LogP contribution in [0.3, 0.4) is 0 Å². The Bertz CT molecular complexity index is 1670. The molecule has 1 fully saturated rings. The van der Waals surface area contributed by atoms with Crippen molar-refractivity contribution in [3.63, 3.8) is 0 Å². The van der Waals surface area contributed by atoms with E-state index < -0.39 is 18.3 Å². The molecule has 5 rings (SSSR count). The van der Waals surface area contributed by atoms with Crippen molar-refractivity contribution in [3.05, 3.63) is 131 Å². The van der Waals surface area contributed by atoms with E-state index in [-0.39, 0.29) is 43.6 Å². The van der Waals surface area contributed by atoms with Gasteiger partial charge in [0.1, 0.15) is 0 Å². The Kier molecular flexibility index (Phi) is 13.3. The highest BCUT2D eigenvalue weighted by Gasteiger charge is 2.34. The molecule has 1 aliphatic heterocycles. The van der Waals surface area contributed by atoms with E-state index in [9.17, 15) is 19.8 Å². The van der Waals surface area contributed by atoms with Crippen LogP contribution >= 0.6 is 0 Å². The van der Waals surface area contributed by atoms with E-state index in [1.807, 2.05) is 117 Å². The molecule has 50 heavy (non-hydrogen) atoms. The van der Waals surface area contributed by atoms with Crippen LogP contribution in [0.1, 0.15) is 78.9 Å². The lowest BCUT2D eigenvalue weighted by Crippen LogP contribution is -2.43. The third-order valence-corrected chi connectivity index (χ3v) is 9.27. The molecule has 0 aliphatic carbocycles. The molecule has 0 aromatic heterocycles. The van der Waals surface area contributed by atoms with Gasteiger partial charge in [0.25, 0.3) is 0 Å². The van der Waals surface area contributed by atoms with Crippen molar-refractivity contribution in [1.29, 1.82) is 0 Å². The molecule has 5 atom stereocenters. The summed E-state index contributed by atoms with van der Waals surface area (Å²) >= 11 is 0. The van der Waals surface area contributed by atoms with Gasteiger partial charge in [-0.1, -0.05) is 97.1 Å². The number of nitrogens with zero attached hydrogens (tertiary/aromatic N) is 1. The molecule has 0 radical (unpaired) electrons. The first-order chi connectivity index (χ1) is 24.2. The molecule has 0 unspecified atom stereocenters. The van der Waals surface area contributed by atoms with Gasteiger partial charge < -0.3 is 25.0 Å². The van der Waals surface area contributed by atoms with Crippen molar-refractivity contribution in [2.75, 3.05) is 13.6 Å². The molecular formula is C40H47N3O7. The highest BCUT2D eigenvalue weighted by molar-refractivity contribution is 5.78. The zero-order valence-corrected chi connectivity index (χ0v) is 28.6. The molecular weight excluding hydrogens is 634 g/mol. The smallest absolute Gasteiger partial charge is 0.243 e. The van der Waals surface area contributed by atoms with Crippen LogP contribution in [0.5, 0.6) is 0 Å². The molecule has 264 valence electrons. The van der Waals surface area contributed by atoms with Gasteiger partial charge in [-0.25, -0.2) is 5.48 Å². The standard InChI is InChI=1S/C40H47N3O7/c1-27(39(47)32-9-4-3-5-10-32)43(2)25-35-23-36(31-16-14-28(26-44)15-17-31)50-40(49-35)33-20-18-30(19-21-33)34-11-6-8-29(22-34)24-41-37(45)12-7-13-38(46)42-48/h3-6,8-11,14-22,27,35-36,39-40,44,47-48H,7,12-13,23-26H2,1-2H3,(H,41,45)(H,42,46)/t27-,35+,36-,39-,40-/m1/s1. The van der Waals surface area contributed by atoms with Crippen molar-refractivity contribution in [2.45, 2.75) is 76.4 Å². The van der Waals surface area contributed by atoms with Crippen molar-refractivity contribution in [1.82, 2.24) is 15.7 Å². The maximum atomic E-state index is 12.2. The van der Waals surface area contributed by atoms with E-state index in [0.717, 1.165) is 38.9 Å². The van der Waals surface area contributed by atoms with E-state index in [2.05, 4.69) is 10.2 Å². The van der Waals surface area contributed by atoms with Gasteiger partial charge in [-0.15, -0.1) is 0 Å². The lowest BCUT2D eigenvalue weighted by atomic mass is 9.98. The second kappa shape index (κ2) is 18.0. The average Bonchev–Trinajstić information content (AvgIpc) is 3.16. The van der Waals surface area contributed by atoms with E-state index in [4.69, 9.17) is 14.7 Å². The number of carbonyl (C=O) groups is 2. The highest BCUT2D eigenvalue weighted by Crippen LogP contribution is 2.39. The summed E-state index contributed by atoms with van der Waals surface area (Å²) in [5, 5.41) is 32.1. The summed E-state index contributed by atoms with van der Waals surface area (Å²) in [5.41, 5.74) is 8.12. The molecule has 4 aromatic rings. The fourth-order valence-corrected chi connectivity index (χ4v) is 6.14. The number of benzene rings is 4. The van der Waals surface area contributed by atoms with Crippen LogP contribution in [0.2, 0.25) is 0 Å². The van der Waals surface area contributed by atoms with Crippen LogP contribution in [0.4, 0.5) is 0 Å². The number of aliphatic hydroxyl groups excluding tert-OH is 2. The van der Waals surface area contributed by atoms with Gasteiger partial charge in [0.2, 0.25) is 11.8 Å². The van der Waals surface area contributed by atoms with Gasteiger partial charge in [-0.05, 0) is 59.8 Å². The minimum Gasteiger partial charge on any atom is -0.392 e. The number of likely N-dealkylation sites (N-methyl/N-ethyl adjacent to an activating group) is 1. The predicted molar refractivity (Wildman–Crippen MR) is 189 cm³/mol. The summed E-state index contributed by atoms with van der Waals surface area (Å²) in [6, 6.07) is 33.4. The van der Waals surface area contributed by atoms with Gasteiger partial charge >= 0.3 is 0 Å². The number of carbonyl (C=O) groups excluding carboxylic acids is 2. The quantitative estimate of drug-likeness (QED) is 0.0791. The second-order valence-electron chi connectivity index (χ2n) is 12.9. The van der Waals surface area contributed by atoms with Gasteiger partial charge in [-0.2, -0.15) is 0 Å². The Balaban J connectivity index is 1.26. The number of hydrogen-bond donors (Lipinski definition) is 5. The molecule has 1 saturated heterocycles. The fraction of sp³-hybridized carbons (Fsp3) is 0.350. The molecule has 10 nitrogen and oxygen atoms in total. The van der Waals surface area contributed by atoms with Crippen LogP contribution < -0.4 is 10.8 Å².